The summed E-state index contributed by atoms with van der Waals surface area (Å²) in [6, 6.07) is 31.9. The van der Waals surface area contributed by atoms with Gasteiger partial charge in [0.2, 0.25) is 0 Å². The third kappa shape index (κ3) is 5.41. The minimum atomic E-state index is -1.67. The van der Waals surface area contributed by atoms with Crippen molar-refractivity contribution in [2.75, 3.05) is 18.6 Å². The second kappa shape index (κ2) is 12.1. The van der Waals surface area contributed by atoms with E-state index >= 15 is 0 Å². The predicted octanol–water partition coefficient (Wildman–Crippen LogP) is 6.00. The number of carbonyl (C=O) groups excluding carboxylic acids is 2. The predicted molar refractivity (Wildman–Crippen MR) is 161 cm³/mol. The van der Waals surface area contributed by atoms with E-state index in [0.29, 0.717) is 11.3 Å². The van der Waals surface area contributed by atoms with Crippen molar-refractivity contribution >= 4 is 17.6 Å². The van der Waals surface area contributed by atoms with Gasteiger partial charge in [0.1, 0.15) is 6.04 Å². The van der Waals surface area contributed by atoms with Gasteiger partial charge in [0.25, 0.3) is 5.91 Å². The van der Waals surface area contributed by atoms with Crippen LogP contribution in [0.15, 0.2) is 103 Å². The molecule has 1 amide bonds. The van der Waals surface area contributed by atoms with Crippen molar-refractivity contribution in [3.8, 4) is 0 Å². The van der Waals surface area contributed by atoms with Crippen molar-refractivity contribution in [2.45, 2.75) is 45.1 Å². The van der Waals surface area contributed by atoms with Crippen molar-refractivity contribution in [3.63, 3.8) is 0 Å². The Hall–Kier alpha value is -4.26. The van der Waals surface area contributed by atoms with Crippen molar-refractivity contribution in [1.82, 2.24) is 5.32 Å². The van der Waals surface area contributed by atoms with Crippen LogP contribution in [0.25, 0.3) is 0 Å². The smallest absolute Gasteiger partial charge is 0.327 e. The molecule has 41 heavy (non-hydrogen) atoms. The average Bonchev–Trinajstić information content (AvgIpc) is 3.20. The van der Waals surface area contributed by atoms with Crippen LogP contribution >= 0.6 is 0 Å². The zero-order chi connectivity index (χ0) is 29.0. The molecule has 1 heterocycles. The van der Waals surface area contributed by atoms with E-state index in [0.717, 1.165) is 27.8 Å². The standard InChI is InChI=1S/C35H36N2O4/c1-5-40-33(38)32(36-31(26-15-8-6-9-16-26)27-17-10-7-11-18-27)35(41-23-28-19-13-12-14-25(28)3)29-22-24(2)20-21-30(29)37(4)34(35)39/h6-22,31-32,36H,5,23H2,1-4H3/t32-,35+/m1/s1. The SMILES string of the molecule is CCOC(=O)[C@@H](NC(c1ccccc1)c1ccccc1)[C@]1(OCc2ccccc2C)C(=O)N(C)c2ccc(C)cc21. The van der Waals surface area contributed by atoms with Gasteiger partial charge >= 0.3 is 5.97 Å². The summed E-state index contributed by atoms with van der Waals surface area (Å²) in [6.45, 7) is 6.05. The van der Waals surface area contributed by atoms with Gasteiger partial charge in [0.05, 0.1) is 24.9 Å². The van der Waals surface area contributed by atoms with Gasteiger partial charge in [-0.15, -0.1) is 0 Å². The molecular weight excluding hydrogens is 512 g/mol. The normalized spacial score (nSPS) is 17.0. The molecule has 6 nitrogen and oxygen atoms in total. The quantitative estimate of drug-likeness (QED) is 0.246. The number of ether oxygens (including phenoxy) is 2. The van der Waals surface area contributed by atoms with Crippen LogP contribution in [0.1, 0.15) is 46.3 Å². The molecule has 0 bridgehead atoms. The first-order valence-corrected chi connectivity index (χ1v) is 14.0. The highest BCUT2D eigenvalue weighted by Crippen LogP contribution is 2.46. The van der Waals surface area contributed by atoms with Gasteiger partial charge in [-0.25, -0.2) is 0 Å². The number of nitrogens with one attached hydrogen (secondary N) is 1. The molecule has 0 fully saturated rings. The monoisotopic (exact) mass is 548 g/mol. The molecule has 5 rings (SSSR count). The van der Waals surface area contributed by atoms with Crippen LogP contribution in [0.3, 0.4) is 0 Å². The summed E-state index contributed by atoms with van der Waals surface area (Å²) in [5.41, 5.74) is 4.51. The molecule has 0 unspecified atom stereocenters. The maximum absolute atomic E-state index is 14.5. The Kier molecular flexibility index (Phi) is 8.34. The van der Waals surface area contributed by atoms with Crippen LogP contribution in [0.2, 0.25) is 0 Å². The van der Waals surface area contributed by atoms with Crippen molar-refractivity contribution in [2.24, 2.45) is 0 Å². The first-order chi connectivity index (χ1) is 19.9. The summed E-state index contributed by atoms with van der Waals surface area (Å²) in [4.78, 5) is 30.1. The fourth-order valence-corrected chi connectivity index (χ4v) is 5.60. The van der Waals surface area contributed by atoms with Crippen LogP contribution < -0.4 is 10.2 Å². The summed E-state index contributed by atoms with van der Waals surface area (Å²) >= 11 is 0. The van der Waals surface area contributed by atoms with Gasteiger partial charge in [0, 0.05) is 12.6 Å². The topological polar surface area (TPSA) is 67.9 Å². The number of carbonyl (C=O) groups is 2. The number of hydrogen-bond acceptors (Lipinski definition) is 5. The van der Waals surface area contributed by atoms with E-state index in [1.165, 1.54) is 0 Å². The molecule has 4 aromatic carbocycles. The summed E-state index contributed by atoms with van der Waals surface area (Å²) in [7, 11) is 1.73. The average molecular weight is 549 g/mol. The summed E-state index contributed by atoms with van der Waals surface area (Å²) in [5.74, 6) is -0.873. The van der Waals surface area contributed by atoms with Gasteiger partial charge in [-0.2, -0.15) is 0 Å². The minimum absolute atomic E-state index is 0.137. The van der Waals surface area contributed by atoms with Gasteiger partial charge < -0.3 is 14.4 Å². The first kappa shape index (κ1) is 28.3. The summed E-state index contributed by atoms with van der Waals surface area (Å²) in [6.07, 6.45) is 0. The molecule has 1 aliphatic rings. The largest absolute Gasteiger partial charge is 0.465 e. The molecule has 1 N–H and O–H groups in total. The first-order valence-electron chi connectivity index (χ1n) is 14.0. The zero-order valence-corrected chi connectivity index (χ0v) is 24.0. The Balaban J connectivity index is 1.70. The second-order valence-corrected chi connectivity index (χ2v) is 10.4. The molecule has 0 spiro atoms. The molecule has 0 saturated heterocycles. The van der Waals surface area contributed by atoms with Crippen molar-refractivity contribution < 1.29 is 19.1 Å². The number of amides is 1. The number of likely N-dealkylation sites (N-methyl/N-ethyl adjacent to an activating group) is 1. The van der Waals surface area contributed by atoms with Gasteiger partial charge in [-0.3, -0.25) is 14.9 Å². The molecule has 2 atom stereocenters. The molecule has 1 aliphatic heterocycles. The number of aryl methyl sites for hydroxylation is 2. The Morgan fingerprint density at radius 2 is 1.49 bits per heavy atom. The molecule has 0 saturated carbocycles. The van der Waals surface area contributed by atoms with Crippen LogP contribution in [-0.2, 0) is 31.3 Å². The number of anilines is 1. The minimum Gasteiger partial charge on any atom is -0.465 e. The fourth-order valence-electron chi connectivity index (χ4n) is 5.60. The third-order valence-electron chi connectivity index (χ3n) is 7.78. The Bertz CT molecular complexity index is 1480. The van der Waals surface area contributed by atoms with E-state index in [2.05, 4.69) is 5.32 Å². The second-order valence-electron chi connectivity index (χ2n) is 10.4. The number of esters is 1. The Labute approximate surface area is 241 Å². The number of fused-ring (bicyclic) bond motifs is 1. The van der Waals surface area contributed by atoms with E-state index < -0.39 is 23.7 Å². The van der Waals surface area contributed by atoms with Crippen LogP contribution in [-0.4, -0.2) is 31.6 Å². The summed E-state index contributed by atoms with van der Waals surface area (Å²) in [5, 5.41) is 3.57. The Morgan fingerprint density at radius 3 is 2.10 bits per heavy atom. The number of hydrogen-bond donors (Lipinski definition) is 1. The van der Waals surface area contributed by atoms with E-state index in [1.807, 2.05) is 117 Å². The highest BCUT2D eigenvalue weighted by Gasteiger charge is 2.60. The molecule has 0 aliphatic carbocycles. The maximum Gasteiger partial charge on any atom is 0.327 e. The molecule has 0 radical (unpaired) electrons. The van der Waals surface area contributed by atoms with Gasteiger partial charge in [-0.1, -0.05) is 103 Å². The third-order valence-corrected chi connectivity index (χ3v) is 7.78. The van der Waals surface area contributed by atoms with Crippen molar-refractivity contribution in [1.29, 1.82) is 0 Å². The zero-order valence-electron chi connectivity index (χ0n) is 24.0. The molecule has 210 valence electrons. The lowest BCUT2D eigenvalue weighted by Gasteiger charge is -2.38. The highest BCUT2D eigenvalue weighted by atomic mass is 16.5. The Morgan fingerprint density at radius 1 is 0.878 bits per heavy atom. The summed E-state index contributed by atoms with van der Waals surface area (Å²) < 4.78 is 12.4. The van der Waals surface area contributed by atoms with E-state index in [4.69, 9.17) is 9.47 Å². The lowest BCUT2D eigenvalue weighted by Crippen LogP contribution is -2.60. The lowest BCUT2D eigenvalue weighted by atomic mass is 9.84. The highest BCUT2D eigenvalue weighted by molar-refractivity contribution is 6.10. The number of rotatable bonds is 10. The van der Waals surface area contributed by atoms with E-state index in [9.17, 15) is 9.59 Å². The van der Waals surface area contributed by atoms with Crippen LogP contribution in [0.4, 0.5) is 5.69 Å². The molecular formula is C35H36N2O4. The van der Waals surface area contributed by atoms with Crippen LogP contribution in [0, 0.1) is 13.8 Å². The number of benzene rings is 4. The van der Waals surface area contributed by atoms with Crippen LogP contribution in [0.5, 0.6) is 0 Å². The van der Waals surface area contributed by atoms with Crippen molar-refractivity contribution in [3.05, 3.63) is 137 Å². The van der Waals surface area contributed by atoms with Gasteiger partial charge in [-0.05, 0) is 49.1 Å². The molecule has 0 aromatic heterocycles. The maximum atomic E-state index is 14.5. The lowest BCUT2D eigenvalue weighted by molar-refractivity contribution is -0.169. The fraction of sp³-hybridized carbons (Fsp3) is 0.257. The molecule has 6 heteroatoms. The number of nitrogens with zero attached hydrogens (tertiary/aromatic N) is 1. The van der Waals surface area contributed by atoms with Gasteiger partial charge in [0.15, 0.2) is 5.60 Å². The van der Waals surface area contributed by atoms with E-state index in [1.54, 1.807) is 18.9 Å². The van der Waals surface area contributed by atoms with E-state index in [-0.39, 0.29) is 19.1 Å². The molecule has 4 aromatic rings.